The minimum absolute atomic E-state index is 0.0367. The standard InChI is InChI=1S/C25H37NO5S/c1-16-10-8-6-7-9-11-20(13-12-19-15-32-18(3)26-19)31-22(28)14-21(27)25(4,5)24(30)17(2)23(16)29/h7,9,12-13,15-17,20-21,23,27,29H,6,8,10-11,14H2,1-5H3/b9-7-,13-12+/t16?,17-,20+,21+,23+/m1/s1. The van der Waals surface area contributed by atoms with Gasteiger partial charge >= 0.3 is 5.97 Å². The van der Waals surface area contributed by atoms with Gasteiger partial charge in [0.1, 0.15) is 11.9 Å². The fourth-order valence-electron chi connectivity index (χ4n) is 3.93. The van der Waals surface area contributed by atoms with Crippen LogP contribution in [0.15, 0.2) is 23.6 Å². The van der Waals surface area contributed by atoms with Crippen molar-refractivity contribution in [2.45, 2.75) is 85.0 Å². The van der Waals surface area contributed by atoms with Crippen molar-refractivity contribution in [3.05, 3.63) is 34.3 Å². The quantitative estimate of drug-likeness (QED) is 0.496. The molecule has 6 nitrogen and oxygen atoms in total. The molecule has 0 saturated heterocycles. The number of thiazole rings is 1. The average molecular weight is 464 g/mol. The van der Waals surface area contributed by atoms with Gasteiger partial charge in [0.25, 0.3) is 0 Å². The van der Waals surface area contributed by atoms with Crippen molar-refractivity contribution in [2.75, 3.05) is 0 Å². The number of carbonyl (C=O) groups is 2. The summed E-state index contributed by atoms with van der Waals surface area (Å²) in [4.78, 5) is 30.0. The minimum atomic E-state index is -1.21. The van der Waals surface area contributed by atoms with E-state index in [1.807, 2.05) is 37.5 Å². The number of allylic oxidation sites excluding steroid dienone is 1. The summed E-state index contributed by atoms with van der Waals surface area (Å²) in [6.45, 7) is 8.82. The monoisotopic (exact) mass is 463 g/mol. The molecule has 1 aromatic rings. The lowest BCUT2D eigenvalue weighted by Gasteiger charge is -2.34. The van der Waals surface area contributed by atoms with Gasteiger partial charge in [-0.05, 0) is 44.3 Å². The van der Waals surface area contributed by atoms with Crippen molar-refractivity contribution in [3.63, 3.8) is 0 Å². The summed E-state index contributed by atoms with van der Waals surface area (Å²) in [7, 11) is 0. The Bertz CT molecular complexity index is 828. The van der Waals surface area contributed by atoms with Crippen LogP contribution >= 0.6 is 11.3 Å². The van der Waals surface area contributed by atoms with Gasteiger partial charge in [0.15, 0.2) is 0 Å². The molecule has 0 fully saturated rings. The molecule has 0 radical (unpaired) electrons. The third-order valence-corrected chi connectivity index (χ3v) is 7.10. The minimum Gasteiger partial charge on any atom is -0.458 e. The molecule has 2 N–H and O–H groups in total. The van der Waals surface area contributed by atoms with E-state index in [9.17, 15) is 19.8 Å². The lowest BCUT2D eigenvalue weighted by molar-refractivity contribution is -0.153. The lowest BCUT2D eigenvalue weighted by atomic mass is 9.73. The van der Waals surface area contributed by atoms with Crippen LogP contribution in [0.25, 0.3) is 6.08 Å². The molecule has 0 amide bonds. The maximum atomic E-state index is 13.1. The van der Waals surface area contributed by atoms with E-state index in [1.165, 1.54) is 0 Å². The lowest BCUT2D eigenvalue weighted by Crippen LogP contribution is -2.45. The van der Waals surface area contributed by atoms with Crippen LogP contribution in [0.3, 0.4) is 0 Å². The van der Waals surface area contributed by atoms with Crippen LogP contribution in [0.5, 0.6) is 0 Å². The molecule has 1 aliphatic rings. The molecule has 2 heterocycles. The number of nitrogens with zero attached hydrogens (tertiary/aromatic N) is 1. The van der Waals surface area contributed by atoms with Gasteiger partial charge < -0.3 is 14.9 Å². The maximum absolute atomic E-state index is 13.1. The first-order chi connectivity index (χ1) is 15.0. The molecule has 178 valence electrons. The summed E-state index contributed by atoms with van der Waals surface area (Å²) in [5, 5.41) is 24.3. The van der Waals surface area contributed by atoms with Crippen LogP contribution in [-0.4, -0.2) is 45.3 Å². The van der Waals surface area contributed by atoms with E-state index in [4.69, 9.17) is 4.74 Å². The molecule has 7 heteroatoms. The molecule has 32 heavy (non-hydrogen) atoms. The highest BCUT2D eigenvalue weighted by atomic mass is 32.1. The van der Waals surface area contributed by atoms with Crippen LogP contribution < -0.4 is 0 Å². The number of ketones is 1. The van der Waals surface area contributed by atoms with Gasteiger partial charge in [-0.2, -0.15) is 0 Å². The first-order valence-corrected chi connectivity index (χ1v) is 12.3. The van der Waals surface area contributed by atoms with Crippen LogP contribution in [-0.2, 0) is 14.3 Å². The highest BCUT2D eigenvalue weighted by molar-refractivity contribution is 7.09. The van der Waals surface area contributed by atoms with Crippen LogP contribution in [0.4, 0.5) is 0 Å². The van der Waals surface area contributed by atoms with Crippen LogP contribution in [0.1, 0.15) is 70.5 Å². The number of cyclic esters (lactones) is 1. The van der Waals surface area contributed by atoms with Crippen molar-refractivity contribution < 1.29 is 24.5 Å². The van der Waals surface area contributed by atoms with E-state index in [1.54, 1.807) is 32.1 Å². The molecule has 1 aromatic heterocycles. The number of hydrogen-bond donors (Lipinski definition) is 2. The SMILES string of the molecule is Cc1nc(/C=C/[C@@H]2C/C=C\CCCC(C)[C@H](O)[C@@H](C)C(=O)C(C)(C)[C@@H](O)CC(=O)O2)cs1. The molecule has 0 bridgehead atoms. The Morgan fingerprint density at radius 3 is 2.59 bits per heavy atom. The predicted octanol–water partition coefficient (Wildman–Crippen LogP) is 4.49. The van der Waals surface area contributed by atoms with E-state index in [0.717, 1.165) is 30.0 Å². The van der Waals surface area contributed by atoms with E-state index >= 15 is 0 Å². The van der Waals surface area contributed by atoms with Gasteiger partial charge in [0.05, 0.1) is 34.7 Å². The summed E-state index contributed by atoms with van der Waals surface area (Å²) >= 11 is 1.55. The second-order valence-electron chi connectivity index (χ2n) is 9.38. The number of ether oxygens (including phenoxy) is 1. The Morgan fingerprint density at radius 2 is 1.94 bits per heavy atom. The second kappa shape index (κ2) is 11.9. The van der Waals surface area contributed by atoms with Crippen molar-refractivity contribution in [1.29, 1.82) is 0 Å². The summed E-state index contributed by atoms with van der Waals surface area (Å²) in [5.41, 5.74) is -0.368. The molecule has 0 spiro atoms. The number of esters is 1. The number of carbonyl (C=O) groups excluding carboxylic acids is 2. The van der Waals surface area contributed by atoms with E-state index in [-0.39, 0.29) is 18.1 Å². The first-order valence-electron chi connectivity index (χ1n) is 11.4. The predicted molar refractivity (Wildman–Crippen MR) is 127 cm³/mol. The molecule has 0 aliphatic carbocycles. The molecule has 2 rings (SSSR count). The zero-order chi connectivity index (χ0) is 23.9. The third kappa shape index (κ3) is 7.36. The number of aliphatic hydroxyl groups excluding tert-OH is 2. The topological polar surface area (TPSA) is 96.7 Å². The zero-order valence-corrected chi connectivity index (χ0v) is 20.6. The normalized spacial score (nSPS) is 32.0. The van der Waals surface area contributed by atoms with Crippen molar-refractivity contribution in [1.82, 2.24) is 4.98 Å². The van der Waals surface area contributed by atoms with Crippen LogP contribution in [0, 0.1) is 24.2 Å². The Hall–Kier alpha value is -1.83. The van der Waals surface area contributed by atoms with Gasteiger partial charge in [0, 0.05) is 17.7 Å². The third-order valence-electron chi connectivity index (χ3n) is 6.30. The molecule has 1 aliphatic heterocycles. The smallest absolute Gasteiger partial charge is 0.309 e. The van der Waals surface area contributed by atoms with Crippen molar-refractivity contribution in [2.24, 2.45) is 17.3 Å². The number of hydrogen-bond acceptors (Lipinski definition) is 7. The summed E-state index contributed by atoms with van der Waals surface area (Å²) in [6, 6.07) is 0. The molecule has 5 atom stereocenters. The zero-order valence-electron chi connectivity index (χ0n) is 19.8. The number of aryl methyl sites for hydroxylation is 1. The maximum Gasteiger partial charge on any atom is 0.309 e. The number of aromatic nitrogens is 1. The fourth-order valence-corrected chi connectivity index (χ4v) is 4.51. The Balaban J connectivity index is 2.21. The first kappa shape index (κ1) is 26.4. The molecular weight excluding hydrogens is 426 g/mol. The van der Waals surface area contributed by atoms with Gasteiger partial charge in [-0.3, -0.25) is 9.59 Å². The Morgan fingerprint density at radius 1 is 1.22 bits per heavy atom. The highest BCUT2D eigenvalue weighted by Gasteiger charge is 2.42. The fraction of sp³-hybridized carbons (Fsp3) is 0.640. The highest BCUT2D eigenvalue weighted by Crippen LogP contribution is 2.32. The van der Waals surface area contributed by atoms with Gasteiger partial charge in [-0.1, -0.05) is 39.8 Å². The van der Waals surface area contributed by atoms with Crippen LogP contribution in [0.2, 0.25) is 0 Å². The van der Waals surface area contributed by atoms with E-state index in [2.05, 4.69) is 11.1 Å². The average Bonchev–Trinajstić information content (AvgIpc) is 3.16. The Kier molecular flexibility index (Phi) is 9.80. The second-order valence-corrected chi connectivity index (χ2v) is 10.4. The van der Waals surface area contributed by atoms with Gasteiger partial charge in [-0.25, -0.2) is 4.98 Å². The molecule has 1 unspecified atom stereocenters. The molecule has 0 aromatic carbocycles. The molecule has 0 saturated carbocycles. The molecular formula is C25H37NO5S. The van der Waals surface area contributed by atoms with Gasteiger partial charge in [-0.15, -0.1) is 11.3 Å². The van der Waals surface area contributed by atoms with Gasteiger partial charge in [0.2, 0.25) is 0 Å². The Labute approximate surface area is 195 Å². The number of rotatable bonds is 2. The summed E-state index contributed by atoms with van der Waals surface area (Å²) < 4.78 is 5.62. The summed E-state index contributed by atoms with van der Waals surface area (Å²) in [5.74, 6) is -1.49. The van der Waals surface area contributed by atoms with Crippen molar-refractivity contribution in [3.8, 4) is 0 Å². The number of aliphatic hydroxyl groups is 2. The summed E-state index contributed by atoms with van der Waals surface area (Å²) in [6.07, 6.45) is 7.97. The number of Topliss-reactive ketones (excluding diaryl/α,β-unsaturated/α-hetero) is 1. The van der Waals surface area contributed by atoms with E-state index in [0.29, 0.717) is 6.42 Å². The largest absolute Gasteiger partial charge is 0.458 e. The van der Waals surface area contributed by atoms with Crippen molar-refractivity contribution >= 4 is 29.2 Å². The van der Waals surface area contributed by atoms with E-state index < -0.39 is 35.6 Å².